The Morgan fingerprint density at radius 3 is 2.05 bits per heavy atom. The Hall–Kier alpha value is -0.850. The van der Waals surface area contributed by atoms with Gasteiger partial charge in [0.05, 0.1) is 0 Å². The second-order valence-electron chi connectivity index (χ2n) is 5.78. The van der Waals surface area contributed by atoms with Gasteiger partial charge in [0.25, 0.3) is 0 Å². The molecule has 6 nitrogen and oxygen atoms in total. The van der Waals surface area contributed by atoms with Crippen LogP contribution in [0.3, 0.4) is 0 Å². The summed E-state index contributed by atoms with van der Waals surface area (Å²) in [6, 6.07) is 0. The number of alkyl carbamates (subject to hydrolysis) is 1. The lowest BCUT2D eigenvalue weighted by Gasteiger charge is -2.19. The molecule has 0 unspecified atom stereocenters. The minimum atomic E-state index is -0.436. The van der Waals surface area contributed by atoms with Crippen LogP contribution in [0, 0.1) is 0 Å². The molecule has 0 aliphatic carbocycles. The SMILES string of the molecule is CC(C)(C)OC(=O)NCCNCCCCNCCCN. The Morgan fingerprint density at radius 1 is 0.950 bits per heavy atom. The molecule has 5 N–H and O–H groups in total. The highest BCUT2D eigenvalue weighted by Crippen LogP contribution is 2.05. The number of unbranched alkanes of at least 4 members (excludes halogenated alkanes) is 1. The van der Waals surface area contributed by atoms with E-state index in [1.165, 1.54) is 0 Å². The van der Waals surface area contributed by atoms with Gasteiger partial charge in [-0.1, -0.05) is 0 Å². The molecular weight excluding hydrogens is 256 g/mol. The summed E-state index contributed by atoms with van der Waals surface area (Å²) in [6.07, 6.45) is 2.96. The van der Waals surface area contributed by atoms with Crippen molar-refractivity contribution < 1.29 is 9.53 Å². The van der Waals surface area contributed by atoms with Gasteiger partial charge in [-0.05, 0) is 66.2 Å². The molecule has 0 saturated carbocycles. The third-order valence-electron chi connectivity index (χ3n) is 2.48. The molecule has 0 atom stereocenters. The van der Waals surface area contributed by atoms with Gasteiger partial charge in [-0.3, -0.25) is 0 Å². The molecule has 1 amide bonds. The van der Waals surface area contributed by atoms with Crippen molar-refractivity contribution in [3.05, 3.63) is 0 Å². The summed E-state index contributed by atoms with van der Waals surface area (Å²) in [5, 5.41) is 9.35. The summed E-state index contributed by atoms with van der Waals surface area (Å²) in [5.41, 5.74) is 4.97. The van der Waals surface area contributed by atoms with Crippen LogP contribution in [0.15, 0.2) is 0 Å². The van der Waals surface area contributed by atoms with Gasteiger partial charge in [0.2, 0.25) is 0 Å². The maximum absolute atomic E-state index is 11.3. The minimum Gasteiger partial charge on any atom is -0.444 e. The summed E-state index contributed by atoms with van der Waals surface area (Å²) in [6.45, 7) is 10.7. The van der Waals surface area contributed by atoms with Crippen LogP contribution < -0.4 is 21.7 Å². The lowest BCUT2D eigenvalue weighted by atomic mass is 10.2. The fraction of sp³-hybridized carbons (Fsp3) is 0.929. The van der Waals surface area contributed by atoms with Crippen molar-refractivity contribution in [2.45, 2.75) is 45.6 Å². The van der Waals surface area contributed by atoms with Crippen molar-refractivity contribution in [3.63, 3.8) is 0 Å². The Morgan fingerprint density at radius 2 is 1.50 bits per heavy atom. The van der Waals surface area contributed by atoms with E-state index in [1.807, 2.05) is 20.8 Å². The van der Waals surface area contributed by atoms with E-state index < -0.39 is 5.60 Å². The highest BCUT2D eigenvalue weighted by atomic mass is 16.6. The van der Waals surface area contributed by atoms with E-state index in [9.17, 15) is 4.79 Å². The molecule has 0 heterocycles. The van der Waals surface area contributed by atoms with Crippen LogP contribution in [0.4, 0.5) is 4.79 Å². The quantitative estimate of drug-likeness (QED) is 0.423. The lowest BCUT2D eigenvalue weighted by Crippen LogP contribution is -2.36. The molecule has 120 valence electrons. The maximum Gasteiger partial charge on any atom is 0.407 e. The van der Waals surface area contributed by atoms with Gasteiger partial charge in [-0.15, -0.1) is 0 Å². The Kier molecular flexibility index (Phi) is 11.4. The molecule has 0 rings (SSSR count). The zero-order chi connectivity index (χ0) is 15.3. The molecule has 0 aliphatic rings. The molecule has 20 heavy (non-hydrogen) atoms. The molecule has 0 aliphatic heterocycles. The van der Waals surface area contributed by atoms with Crippen molar-refractivity contribution in [1.29, 1.82) is 0 Å². The lowest BCUT2D eigenvalue weighted by molar-refractivity contribution is 0.0528. The van der Waals surface area contributed by atoms with Gasteiger partial charge in [0.15, 0.2) is 0 Å². The smallest absolute Gasteiger partial charge is 0.407 e. The van der Waals surface area contributed by atoms with E-state index in [2.05, 4.69) is 16.0 Å². The number of carbonyl (C=O) groups is 1. The zero-order valence-electron chi connectivity index (χ0n) is 13.3. The summed E-state index contributed by atoms with van der Waals surface area (Å²) in [7, 11) is 0. The Balaban J connectivity index is 3.19. The summed E-state index contributed by atoms with van der Waals surface area (Å²) < 4.78 is 5.13. The number of hydrogen-bond donors (Lipinski definition) is 4. The van der Waals surface area contributed by atoms with E-state index in [4.69, 9.17) is 10.5 Å². The number of amides is 1. The van der Waals surface area contributed by atoms with Gasteiger partial charge in [-0.25, -0.2) is 4.79 Å². The maximum atomic E-state index is 11.3. The first kappa shape index (κ1) is 19.1. The first-order valence-corrected chi connectivity index (χ1v) is 7.54. The monoisotopic (exact) mass is 288 g/mol. The van der Waals surface area contributed by atoms with Gasteiger partial charge in [-0.2, -0.15) is 0 Å². The Labute approximate surface area is 123 Å². The molecule has 6 heteroatoms. The minimum absolute atomic E-state index is 0.358. The highest BCUT2D eigenvalue weighted by Gasteiger charge is 2.15. The fourth-order valence-electron chi connectivity index (χ4n) is 1.54. The van der Waals surface area contributed by atoms with Crippen LogP contribution in [0.5, 0.6) is 0 Å². The molecule has 0 fully saturated rings. The summed E-state index contributed by atoms with van der Waals surface area (Å²) >= 11 is 0. The number of carbonyl (C=O) groups excluding carboxylic acids is 1. The van der Waals surface area contributed by atoms with Crippen molar-refractivity contribution in [2.75, 3.05) is 39.3 Å². The summed E-state index contributed by atoms with van der Waals surface area (Å²) in [5.74, 6) is 0. The normalized spacial score (nSPS) is 11.4. The molecule has 0 saturated heterocycles. The third-order valence-corrected chi connectivity index (χ3v) is 2.48. The molecule has 0 aromatic rings. The van der Waals surface area contributed by atoms with E-state index >= 15 is 0 Å². The molecule has 0 bridgehead atoms. The van der Waals surface area contributed by atoms with Crippen LogP contribution in [-0.2, 0) is 4.74 Å². The first-order chi connectivity index (χ1) is 9.45. The van der Waals surface area contributed by atoms with Gasteiger partial charge in [0.1, 0.15) is 5.60 Å². The molecular formula is C14H32N4O2. The number of ether oxygens (including phenoxy) is 1. The average Bonchev–Trinajstić information content (AvgIpc) is 2.34. The molecule has 0 radical (unpaired) electrons. The Bertz CT molecular complexity index is 242. The second kappa shape index (κ2) is 11.9. The van der Waals surface area contributed by atoms with E-state index in [-0.39, 0.29) is 6.09 Å². The van der Waals surface area contributed by atoms with Crippen LogP contribution in [0.2, 0.25) is 0 Å². The van der Waals surface area contributed by atoms with Crippen LogP contribution >= 0.6 is 0 Å². The fourth-order valence-corrected chi connectivity index (χ4v) is 1.54. The number of hydrogen-bond acceptors (Lipinski definition) is 5. The van der Waals surface area contributed by atoms with Crippen LogP contribution in [0.1, 0.15) is 40.0 Å². The molecule has 0 aromatic carbocycles. The largest absolute Gasteiger partial charge is 0.444 e. The van der Waals surface area contributed by atoms with Crippen molar-refractivity contribution in [1.82, 2.24) is 16.0 Å². The standard InChI is InChI=1S/C14H32N4O2/c1-14(2,3)20-13(19)18-12-11-17-9-5-4-8-16-10-6-7-15/h16-17H,4-12,15H2,1-3H3,(H,18,19). The third kappa shape index (κ3) is 15.2. The molecule has 0 aromatic heterocycles. The van der Waals surface area contributed by atoms with Crippen LogP contribution in [0.25, 0.3) is 0 Å². The van der Waals surface area contributed by atoms with Gasteiger partial charge >= 0.3 is 6.09 Å². The van der Waals surface area contributed by atoms with Crippen molar-refractivity contribution in [2.24, 2.45) is 5.73 Å². The topological polar surface area (TPSA) is 88.4 Å². The van der Waals surface area contributed by atoms with Crippen molar-refractivity contribution >= 4 is 6.09 Å². The average molecular weight is 288 g/mol. The van der Waals surface area contributed by atoms with E-state index in [0.29, 0.717) is 6.54 Å². The number of nitrogens with two attached hydrogens (primary N) is 1. The number of nitrogens with one attached hydrogen (secondary N) is 3. The predicted molar refractivity (Wildman–Crippen MR) is 82.9 cm³/mol. The molecule has 0 spiro atoms. The first-order valence-electron chi connectivity index (χ1n) is 7.54. The van der Waals surface area contributed by atoms with E-state index in [1.54, 1.807) is 0 Å². The van der Waals surface area contributed by atoms with Gasteiger partial charge < -0.3 is 26.4 Å². The highest BCUT2D eigenvalue weighted by molar-refractivity contribution is 5.67. The second-order valence-corrected chi connectivity index (χ2v) is 5.78. The van der Waals surface area contributed by atoms with Gasteiger partial charge in [0, 0.05) is 13.1 Å². The zero-order valence-corrected chi connectivity index (χ0v) is 13.3. The summed E-state index contributed by atoms with van der Waals surface area (Å²) in [4.78, 5) is 11.3. The van der Waals surface area contributed by atoms with E-state index in [0.717, 1.165) is 52.0 Å². The van der Waals surface area contributed by atoms with Crippen LogP contribution in [-0.4, -0.2) is 51.0 Å². The predicted octanol–water partition coefficient (Wildman–Crippen LogP) is 0.819. The van der Waals surface area contributed by atoms with Crippen molar-refractivity contribution in [3.8, 4) is 0 Å². The number of rotatable bonds is 11.